The third kappa shape index (κ3) is 2.35. The summed E-state index contributed by atoms with van der Waals surface area (Å²) in [6.07, 6.45) is 3.40. The SMILES string of the molecule is C=C1C(C(=O)O)=CN2c3c1cc(F)c(N1CCC(C)C1)c3CCN2C. The van der Waals surface area contributed by atoms with Gasteiger partial charge in [0.1, 0.15) is 5.82 Å². The van der Waals surface area contributed by atoms with Crippen molar-refractivity contribution in [3.8, 4) is 0 Å². The molecule has 0 bridgehead atoms. The number of hydrogen-bond donors (Lipinski definition) is 1. The van der Waals surface area contributed by atoms with Crippen LogP contribution in [-0.2, 0) is 11.2 Å². The van der Waals surface area contributed by atoms with E-state index in [1.165, 1.54) is 6.07 Å². The fourth-order valence-corrected chi connectivity index (χ4v) is 4.14. The summed E-state index contributed by atoms with van der Waals surface area (Å²) in [6, 6.07) is 1.46. The van der Waals surface area contributed by atoms with Gasteiger partial charge in [0.15, 0.2) is 0 Å². The van der Waals surface area contributed by atoms with Gasteiger partial charge in [0.2, 0.25) is 0 Å². The quantitative estimate of drug-likeness (QED) is 0.895. The first-order valence-corrected chi connectivity index (χ1v) is 8.64. The van der Waals surface area contributed by atoms with Crippen molar-refractivity contribution < 1.29 is 14.3 Å². The summed E-state index contributed by atoms with van der Waals surface area (Å²) in [5, 5.41) is 13.3. The van der Waals surface area contributed by atoms with Crippen LogP contribution in [0.3, 0.4) is 0 Å². The van der Waals surface area contributed by atoms with Gasteiger partial charge in [0.05, 0.1) is 16.9 Å². The second kappa shape index (κ2) is 5.59. The molecule has 1 saturated heterocycles. The number of hydrazine groups is 1. The molecule has 0 amide bonds. The Balaban J connectivity index is 1.92. The number of hydrogen-bond acceptors (Lipinski definition) is 4. The second-order valence-electron chi connectivity index (χ2n) is 7.22. The average Bonchev–Trinajstić information content (AvgIpc) is 2.98. The number of carboxylic acid groups (broad SMARTS) is 1. The zero-order chi connectivity index (χ0) is 17.9. The first kappa shape index (κ1) is 16.1. The van der Waals surface area contributed by atoms with Gasteiger partial charge < -0.3 is 10.0 Å². The molecule has 1 aromatic carbocycles. The van der Waals surface area contributed by atoms with Gasteiger partial charge in [-0.05, 0) is 30.4 Å². The van der Waals surface area contributed by atoms with E-state index in [1.807, 2.05) is 17.1 Å². The number of carbonyl (C=O) groups is 1. The number of halogens is 1. The van der Waals surface area contributed by atoms with Gasteiger partial charge in [-0.3, -0.25) is 5.01 Å². The van der Waals surface area contributed by atoms with Crippen LogP contribution < -0.4 is 9.91 Å². The molecule has 3 heterocycles. The summed E-state index contributed by atoms with van der Waals surface area (Å²) in [7, 11) is 1.91. The van der Waals surface area contributed by atoms with Crippen LogP contribution in [-0.4, -0.2) is 42.8 Å². The van der Waals surface area contributed by atoms with Crippen LogP contribution in [0.4, 0.5) is 15.8 Å². The van der Waals surface area contributed by atoms with Crippen LogP contribution in [0.25, 0.3) is 5.57 Å². The van der Waals surface area contributed by atoms with Crippen molar-refractivity contribution >= 4 is 22.9 Å². The summed E-state index contributed by atoms with van der Waals surface area (Å²) in [5.74, 6) is -0.771. The van der Waals surface area contributed by atoms with Gasteiger partial charge in [0, 0.05) is 44.0 Å². The Morgan fingerprint density at radius 3 is 2.76 bits per heavy atom. The Hall–Kier alpha value is -2.34. The van der Waals surface area contributed by atoms with E-state index in [-0.39, 0.29) is 11.4 Å². The maximum absolute atomic E-state index is 15.1. The number of nitrogens with zero attached hydrogens (tertiary/aromatic N) is 3. The highest BCUT2D eigenvalue weighted by atomic mass is 19.1. The summed E-state index contributed by atoms with van der Waals surface area (Å²) < 4.78 is 15.1. The van der Waals surface area contributed by atoms with Gasteiger partial charge in [-0.2, -0.15) is 0 Å². The van der Waals surface area contributed by atoms with Crippen LogP contribution in [0.2, 0.25) is 0 Å². The zero-order valence-electron chi connectivity index (χ0n) is 14.5. The van der Waals surface area contributed by atoms with Gasteiger partial charge in [0.25, 0.3) is 0 Å². The fourth-order valence-electron chi connectivity index (χ4n) is 4.14. The van der Waals surface area contributed by atoms with E-state index in [0.717, 1.165) is 37.2 Å². The predicted molar refractivity (Wildman–Crippen MR) is 96.0 cm³/mol. The number of carboxylic acids is 1. The minimum absolute atomic E-state index is 0.106. The van der Waals surface area contributed by atoms with E-state index < -0.39 is 5.97 Å². The molecule has 0 aromatic heterocycles. The Morgan fingerprint density at radius 1 is 1.36 bits per heavy atom. The molecule has 4 rings (SSSR count). The van der Waals surface area contributed by atoms with E-state index in [2.05, 4.69) is 18.4 Å². The Kier molecular flexibility index (Phi) is 3.61. The van der Waals surface area contributed by atoms with Crippen LogP contribution in [0.1, 0.15) is 24.5 Å². The highest BCUT2D eigenvalue weighted by molar-refractivity contribution is 6.09. The van der Waals surface area contributed by atoms with Crippen molar-refractivity contribution in [2.45, 2.75) is 19.8 Å². The van der Waals surface area contributed by atoms with Crippen LogP contribution in [0, 0.1) is 11.7 Å². The maximum Gasteiger partial charge on any atom is 0.337 e. The van der Waals surface area contributed by atoms with Crippen molar-refractivity contribution in [2.24, 2.45) is 5.92 Å². The molecule has 3 aliphatic heterocycles. The molecule has 25 heavy (non-hydrogen) atoms. The van der Waals surface area contributed by atoms with Gasteiger partial charge in [-0.15, -0.1) is 0 Å². The van der Waals surface area contributed by atoms with Gasteiger partial charge >= 0.3 is 5.97 Å². The molecule has 132 valence electrons. The van der Waals surface area contributed by atoms with E-state index in [4.69, 9.17) is 0 Å². The molecule has 1 unspecified atom stereocenters. The van der Waals surface area contributed by atoms with Crippen molar-refractivity contribution in [1.82, 2.24) is 5.01 Å². The van der Waals surface area contributed by atoms with Gasteiger partial charge in [-0.25, -0.2) is 14.2 Å². The Bertz CT molecular complexity index is 817. The van der Waals surface area contributed by atoms with E-state index in [9.17, 15) is 9.90 Å². The third-order valence-electron chi connectivity index (χ3n) is 5.48. The van der Waals surface area contributed by atoms with Crippen LogP contribution in [0.15, 0.2) is 24.4 Å². The van der Waals surface area contributed by atoms with E-state index >= 15 is 4.39 Å². The monoisotopic (exact) mass is 343 g/mol. The predicted octanol–water partition coefficient (Wildman–Crippen LogP) is 2.88. The lowest BCUT2D eigenvalue weighted by molar-refractivity contribution is -0.132. The summed E-state index contributed by atoms with van der Waals surface area (Å²) in [4.78, 5) is 13.7. The molecule has 1 aromatic rings. The zero-order valence-corrected chi connectivity index (χ0v) is 14.5. The lowest BCUT2D eigenvalue weighted by Crippen LogP contribution is -2.44. The molecule has 0 radical (unpaired) electrons. The summed E-state index contributed by atoms with van der Waals surface area (Å²) in [5.41, 5.74) is 3.57. The fraction of sp³-hybridized carbons (Fsp3) is 0.421. The molecule has 0 spiro atoms. The molecule has 1 N–H and O–H groups in total. The van der Waals surface area contributed by atoms with Crippen molar-refractivity contribution in [1.29, 1.82) is 0 Å². The van der Waals surface area contributed by atoms with E-state index in [0.29, 0.717) is 29.3 Å². The largest absolute Gasteiger partial charge is 0.478 e. The molecular formula is C19H22FN3O2. The molecule has 1 fully saturated rings. The highest BCUT2D eigenvalue weighted by Gasteiger charge is 2.36. The second-order valence-corrected chi connectivity index (χ2v) is 7.22. The molecular weight excluding hydrogens is 321 g/mol. The number of anilines is 2. The molecule has 1 atom stereocenters. The molecule has 5 nitrogen and oxygen atoms in total. The maximum atomic E-state index is 15.1. The van der Waals surface area contributed by atoms with Crippen molar-refractivity contribution in [2.75, 3.05) is 36.6 Å². The molecule has 0 aliphatic carbocycles. The Morgan fingerprint density at radius 2 is 2.12 bits per heavy atom. The molecule has 6 heteroatoms. The first-order chi connectivity index (χ1) is 11.9. The van der Waals surface area contributed by atoms with Crippen molar-refractivity contribution in [3.63, 3.8) is 0 Å². The first-order valence-electron chi connectivity index (χ1n) is 8.64. The number of likely N-dealkylation sites (N-methyl/N-ethyl adjacent to an activating group) is 1. The highest BCUT2D eigenvalue weighted by Crippen LogP contribution is 2.46. The lowest BCUT2D eigenvalue weighted by Gasteiger charge is -2.42. The smallest absolute Gasteiger partial charge is 0.337 e. The topological polar surface area (TPSA) is 47.0 Å². The number of aliphatic carboxylic acids is 1. The summed E-state index contributed by atoms with van der Waals surface area (Å²) >= 11 is 0. The van der Waals surface area contributed by atoms with Gasteiger partial charge in [-0.1, -0.05) is 13.5 Å². The standard InChI is InChI=1S/C19H22FN3O2/c1-11-4-7-22(9-11)18-13-5-6-21(3)23-10-15(19(24)25)12(2)14(17(13)23)8-16(18)20/h8,10-11H,2,4-7,9H2,1,3H3,(H,24,25). The van der Waals surface area contributed by atoms with E-state index in [1.54, 1.807) is 6.20 Å². The van der Waals surface area contributed by atoms with Crippen LogP contribution >= 0.6 is 0 Å². The molecule has 3 aliphatic rings. The molecule has 0 saturated carbocycles. The average molecular weight is 343 g/mol. The van der Waals surface area contributed by atoms with Crippen LogP contribution in [0.5, 0.6) is 0 Å². The number of rotatable bonds is 2. The number of benzene rings is 1. The Labute approximate surface area is 146 Å². The normalized spacial score (nSPS) is 22.9. The van der Waals surface area contributed by atoms with Crippen molar-refractivity contribution in [3.05, 3.63) is 41.4 Å². The lowest BCUT2D eigenvalue weighted by atomic mass is 9.89. The third-order valence-corrected chi connectivity index (χ3v) is 5.48. The minimum atomic E-state index is -1.05. The minimum Gasteiger partial charge on any atom is -0.478 e. The summed E-state index contributed by atoms with van der Waals surface area (Å²) in [6.45, 7) is 8.53.